The van der Waals surface area contributed by atoms with Crippen molar-refractivity contribution in [2.75, 3.05) is 4.90 Å². The fourth-order valence-electron chi connectivity index (χ4n) is 9.99. The average molecular weight is 829 g/mol. The second kappa shape index (κ2) is 15.0. The zero-order chi connectivity index (χ0) is 42.8. The molecule has 0 bridgehead atoms. The maximum atomic E-state index is 6.57. The van der Waals surface area contributed by atoms with Gasteiger partial charge in [-0.3, -0.25) is 0 Å². The molecule has 65 heavy (non-hydrogen) atoms. The molecule has 2 heterocycles. The van der Waals surface area contributed by atoms with Gasteiger partial charge in [0.25, 0.3) is 0 Å². The zero-order valence-corrected chi connectivity index (χ0v) is 35.4. The lowest BCUT2D eigenvalue weighted by molar-refractivity contribution is 0.673. The number of para-hydroxylation sites is 3. The molecule has 3 nitrogen and oxygen atoms in total. The number of benzene rings is 11. The van der Waals surface area contributed by atoms with E-state index in [1.54, 1.807) is 0 Å². The molecule has 0 amide bonds. The van der Waals surface area contributed by atoms with Crippen LogP contribution in [0.25, 0.3) is 104 Å². The molecule has 0 spiro atoms. The van der Waals surface area contributed by atoms with Gasteiger partial charge >= 0.3 is 0 Å². The van der Waals surface area contributed by atoms with Crippen LogP contribution in [-0.2, 0) is 0 Å². The molecular formula is C62H40N2O. The van der Waals surface area contributed by atoms with Crippen molar-refractivity contribution in [3.63, 3.8) is 0 Å². The summed E-state index contributed by atoms with van der Waals surface area (Å²) in [6.07, 6.45) is 0. The quantitative estimate of drug-likeness (QED) is 0.160. The van der Waals surface area contributed by atoms with E-state index in [1.807, 2.05) is 0 Å². The van der Waals surface area contributed by atoms with E-state index >= 15 is 0 Å². The molecule has 0 saturated carbocycles. The lowest BCUT2D eigenvalue weighted by atomic mass is 10.00. The Labute approximate surface area is 376 Å². The first-order valence-corrected chi connectivity index (χ1v) is 22.2. The van der Waals surface area contributed by atoms with E-state index in [0.717, 1.165) is 66.8 Å². The number of furan rings is 1. The van der Waals surface area contributed by atoms with Gasteiger partial charge in [0.15, 0.2) is 0 Å². The molecule has 304 valence electrons. The van der Waals surface area contributed by atoms with Gasteiger partial charge in [-0.05, 0) is 123 Å². The summed E-state index contributed by atoms with van der Waals surface area (Å²) in [4.78, 5) is 2.35. The Morgan fingerprint density at radius 1 is 0.308 bits per heavy atom. The highest BCUT2D eigenvalue weighted by Crippen LogP contribution is 2.41. The highest BCUT2D eigenvalue weighted by molar-refractivity contribution is 6.15. The van der Waals surface area contributed by atoms with E-state index in [0.29, 0.717) is 0 Å². The summed E-state index contributed by atoms with van der Waals surface area (Å²) in [5.74, 6) is 0. The molecule has 0 radical (unpaired) electrons. The van der Waals surface area contributed by atoms with Crippen molar-refractivity contribution in [2.45, 2.75) is 0 Å². The third kappa shape index (κ3) is 6.20. The van der Waals surface area contributed by atoms with Crippen molar-refractivity contribution >= 4 is 82.4 Å². The van der Waals surface area contributed by atoms with Crippen LogP contribution in [0.1, 0.15) is 0 Å². The molecule has 11 aromatic carbocycles. The van der Waals surface area contributed by atoms with Gasteiger partial charge < -0.3 is 13.9 Å². The largest absolute Gasteiger partial charge is 0.455 e. The van der Waals surface area contributed by atoms with Crippen LogP contribution >= 0.6 is 0 Å². The van der Waals surface area contributed by atoms with Crippen molar-refractivity contribution < 1.29 is 4.42 Å². The third-order valence-corrected chi connectivity index (χ3v) is 13.2. The predicted molar refractivity (Wildman–Crippen MR) is 274 cm³/mol. The maximum Gasteiger partial charge on any atom is 0.143 e. The van der Waals surface area contributed by atoms with E-state index in [1.165, 1.54) is 54.7 Å². The number of fused-ring (bicyclic) bond motifs is 9. The van der Waals surface area contributed by atoms with E-state index in [9.17, 15) is 0 Å². The third-order valence-electron chi connectivity index (χ3n) is 13.2. The first-order valence-electron chi connectivity index (χ1n) is 22.2. The second-order valence-corrected chi connectivity index (χ2v) is 16.9. The summed E-state index contributed by atoms with van der Waals surface area (Å²) in [5.41, 5.74) is 15.6. The van der Waals surface area contributed by atoms with Crippen molar-refractivity contribution in [2.24, 2.45) is 0 Å². The SMILES string of the molecule is c1ccc(-n2c3ccccc3c3ccccc32)c(-c2ccc(N(c3ccc(-c4ccc5ccccc5c4)cc3)c3ccc(-c4ccc5c(c4)oc4c6ccccc6ccc54)cc3)cc2)c1. The molecule has 0 fully saturated rings. The number of aromatic nitrogens is 1. The van der Waals surface area contributed by atoms with Crippen LogP contribution in [-0.4, -0.2) is 4.57 Å². The number of rotatable bonds is 7. The van der Waals surface area contributed by atoms with Gasteiger partial charge in [-0.25, -0.2) is 0 Å². The first kappa shape index (κ1) is 36.9. The minimum atomic E-state index is 0.894. The fourth-order valence-corrected chi connectivity index (χ4v) is 9.99. The van der Waals surface area contributed by atoms with Crippen LogP contribution in [0.5, 0.6) is 0 Å². The molecule has 13 rings (SSSR count). The second-order valence-electron chi connectivity index (χ2n) is 16.9. The van der Waals surface area contributed by atoms with Crippen molar-refractivity contribution in [1.29, 1.82) is 0 Å². The van der Waals surface area contributed by atoms with Crippen LogP contribution in [0.2, 0.25) is 0 Å². The summed E-state index contributed by atoms with van der Waals surface area (Å²) in [7, 11) is 0. The van der Waals surface area contributed by atoms with Crippen LogP contribution in [0.3, 0.4) is 0 Å². The summed E-state index contributed by atoms with van der Waals surface area (Å²) < 4.78 is 8.98. The molecular weight excluding hydrogens is 789 g/mol. The Bertz CT molecular complexity index is 3880. The number of anilines is 3. The van der Waals surface area contributed by atoms with Crippen molar-refractivity contribution in [3.05, 3.63) is 243 Å². The Balaban J connectivity index is 0.889. The van der Waals surface area contributed by atoms with Gasteiger partial charge in [-0.15, -0.1) is 0 Å². The first-order chi connectivity index (χ1) is 32.2. The predicted octanol–water partition coefficient (Wildman–Crippen LogP) is 17.5. The van der Waals surface area contributed by atoms with Crippen LogP contribution < -0.4 is 4.90 Å². The Morgan fingerprint density at radius 3 is 1.46 bits per heavy atom. The van der Waals surface area contributed by atoms with Crippen LogP contribution in [0.4, 0.5) is 17.1 Å². The van der Waals surface area contributed by atoms with Gasteiger partial charge in [0.1, 0.15) is 11.2 Å². The van der Waals surface area contributed by atoms with Crippen LogP contribution in [0, 0.1) is 0 Å². The number of hydrogen-bond donors (Lipinski definition) is 0. The Kier molecular flexibility index (Phi) is 8.53. The maximum absolute atomic E-state index is 6.57. The fraction of sp³-hybridized carbons (Fsp3) is 0. The lowest BCUT2D eigenvalue weighted by Crippen LogP contribution is -2.09. The summed E-state index contributed by atoms with van der Waals surface area (Å²) >= 11 is 0. The van der Waals surface area contributed by atoms with Gasteiger partial charge in [-0.1, -0.05) is 164 Å². The van der Waals surface area contributed by atoms with E-state index in [4.69, 9.17) is 4.42 Å². The standard InChI is InChI=1S/C62H40N2O/c1-2-13-46-39-47(22-21-41(46)11-1)42-23-31-49(32-24-42)63(50-33-25-43(26-34-50)48-30-37-56-57-38-29-44-12-3-4-15-53(44)62(57)65-61(56)40-48)51-35-27-45(28-36-51)52-14-5-8-18-58(52)64-59-19-9-6-16-54(59)55-17-7-10-20-60(55)64/h1-40H. The summed E-state index contributed by atoms with van der Waals surface area (Å²) in [6, 6.07) is 87.7. The van der Waals surface area contributed by atoms with Crippen LogP contribution in [0.15, 0.2) is 247 Å². The number of nitrogens with zero attached hydrogens (tertiary/aromatic N) is 2. The normalized spacial score (nSPS) is 11.7. The number of hydrogen-bond acceptors (Lipinski definition) is 2. The smallest absolute Gasteiger partial charge is 0.143 e. The Hall–Kier alpha value is -8.66. The van der Waals surface area contributed by atoms with Crippen molar-refractivity contribution in [3.8, 4) is 39.1 Å². The molecule has 0 saturated heterocycles. The molecule has 0 atom stereocenters. The van der Waals surface area contributed by atoms with Gasteiger partial charge in [0.2, 0.25) is 0 Å². The van der Waals surface area contributed by atoms with Gasteiger partial charge in [-0.2, -0.15) is 0 Å². The molecule has 0 aliphatic heterocycles. The van der Waals surface area contributed by atoms with Gasteiger partial charge in [0.05, 0.1) is 16.7 Å². The zero-order valence-electron chi connectivity index (χ0n) is 35.4. The molecule has 13 aromatic rings. The molecule has 2 aromatic heterocycles. The highest BCUT2D eigenvalue weighted by atomic mass is 16.3. The summed E-state index contributed by atoms with van der Waals surface area (Å²) in [6.45, 7) is 0. The monoisotopic (exact) mass is 828 g/mol. The van der Waals surface area contributed by atoms with E-state index in [2.05, 4.69) is 252 Å². The molecule has 0 aliphatic rings. The average Bonchev–Trinajstić information content (AvgIpc) is 3.93. The van der Waals surface area contributed by atoms with E-state index in [-0.39, 0.29) is 0 Å². The lowest BCUT2D eigenvalue weighted by Gasteiger charge is -2.26. The van der Waals surface area contributed by atoms with Gasteiger partial charge in [0, 0.05) is 49.6 Å². The summed E-state index contributed by atoms with van der Waals surface area (Å²) in [5, 5.41) is 9.59. The Morgan fingerprint density at radius 2 is 0.785 bits per heavy atom. The van der Waals surface area contributed by atoms with Crippen molar-refractivity contribution in [1.82, 2.24) is 4.57 Å². The molecule has 3 heteroatoms. The minimum absolute atomic E-state index is 0.894. The highest BCUT2D eigenvalue weighted by Gasteiger charge is 2.18. The molecule has 0 N–H and O–H groups in total. The molecule has 0 unspecified atom stereocenters. The minimum Gasteiger partial charge on any atom is -0.455 e. The molecule has 0 aliphatic carbocycles. The topological polar surface area (TPSA) is 21.3 Å². The van der Waals surface area contributed by atoms with E-state index < -0.39 is 0 Å².